The molecule has 0 saturated heterocycles. The van der Waals surface area contributed by atoms with Crippen LogP contribution in [0.4, 0.5) is 35.9 Å². The molecule has 10 heteroatoms. The van der Waals surface area contributed by atoms with E-state index in [0.717, 1.165) is 5.56 Å². The number of halogens is 3. The number of nitro groups is 2. The summed E-state index contributed by atoms with van der Waals surface area (Å²) in [4.78, 5) is 19.6. The summed E-state index contributed by atoms with van der Waals surface area (Å²) in [5.41, 5.74) is -3.34. The number of nitro benzene ring substituents is 2. The van der Waals surface area contributed by atoms with E-state index in [4.69, 9.17) is 0 Å². The first-order valence-corrected chi connectivity index (χ1v) is 6.47. The van der Waals surface area contributed by atoms with Gasteiger partial charge in [0.1, 0.15) is 5.69 Å². The molecule has 0 amide bonds. The average Bonchev–Trinajstić information content (AvgIpc) is 2.48. The van der Waals surface area contributed by atoms with Crippen LogP contribution in [0.25, 0.3) is 0 Å². The zero-order valence-electron chi connectivity index (χ0n) is 12.1. The number of benzene rings is 2. The first kappa shape index (κ1) is 17.2. The lowest BCUT2D eigenvalue weighted by atomic mass is 10.1. The Morgan fingerprint density at radius 3 is 2.04 bits per heavy atom. The molecule has 0 saturated carbocycles. The molecule has 0 spiro atoms. The average molecular weight is 341 g/mol. The van der Waals surface area contributed by atoms with Crippen LogP contribution < -0.4 is 5.32 Å². The predicted octanol–water partition coefficient (Wildman–Crippen LogP) is 4.57. The molecule has 0 fully saturated rings. The van der Waals surface area contributed by atoms with Crippen LogP contribution in [0.3, 0.4) is 0 Å². The van der Waals surface area contributed by atoms with Crippen molar-refractivity contribution in [2.45, 2.75) is 13.1 Å². The number of rotatable bonds is 4. The first-order chi connectivity index (χ1) is 11.1. The SMILES string of the molecule is Cc1ccc(Nc2c([N+](=O)[O-])cc([N+](=O)[O-])cc2C(F)(F)F)cc1. The summed E-state index contributed by atoms with van der Waals surface area (Å²) >= 11 is 0. The van der Waals surface area contributed by atoms with Crippen molar-refractivity contribution in [1.29, 1.82) is 0 Å². The molecule has 0 atom stereocenters. The van der Waals surface area contributed by atoms with Crippen LogP contribution in [0.1, 0.15) is 11.1 Å². The number of aryl methyl sites for hydroxylation is 1. The summed E-state index contributed by atoms with van der Waals surface area (Å²) in [6, 6.07) is 6.86. The summed E-state index contributed by atoms with van der Waals surface area (Å²) in [5.74, 6) is 0. The monoisotopic (exact) mass is 341 g/mol. The molecule has 0 bridgehead atoms. The smallest absolute Gasteiger partial charge is 0.349 e. The van der Waals surface area contributed by atoms with Gasteiger partial charge < -0.3 is 5.32 Å². The lowest BCUT2D eigenvalue weighted by molar-refractivity contribution is -0.394. The molecule has 2 aromatic rings. The molecule has 0 radical (unpaired) electrons. The van der Waals surface area contributed by atoms with E-state index in [1.165, 1.54) is 12.1 Å². The third kappa shape index (κ3) is 3.59. The third-order valence-electron chi connectivity index (χ3n) is 3.14. The third-order valence-corrected chi connectivity index (χ3v) is 3.14. The van der Waals surface area contributed by atoms with Crippen molar-refractivity contribution in [2.75, 3.05) is 5.32 Å². The Morgan fingerprint density at radius 2 is 1.58 bits per heavy atom. The second-order valence-electron chi connectivity index (χ2n) is 4.89. The molecule has 2 rings (SSSR count). The van der Waals surface area contributed by atoms with Gasteiger partial charge in [0.2, 0.25) is 0 Å². The topological polar surface area (TPSA) is 98.3 Å². The lowest BCUT2D eigenvalue weighted by Crippen LogP contribution is -2.11. The van der Waals surface area contributed by atoms with Crippen molar-refractivity contribution >= 4 is 22.7 Å². The van der Waals surface area contributed by atoms with E-state index in [9.17, 15) is 33.4 Å². The summed E-state index contributed by atoms with van der Waals surface area (Å²) in [6.45, 7) is 1.76. The number of non-ortho nitro benzene ring substituents is 1. The van der Waals surface area contributed by atoms with Gasteiger partial charge in [-0.2, -0.15) is 13.2 Å². The Kier molecular flexibility index (Phi) is 4.40. The highest BCUT2D eigenvalue weighted by molar-refractivity contribution is 5.76. The summed E-state index contributed by atoms with van der Waals surface area (Å²) in [6.07, 6.45) is -5.01. The van der Waals surface area contributed by atoms with Gasteiger partial charge in [0, 0.05) is 11.8 Å². The number of nitrogens with zero attached hydrogens (tertiary/aromatic N) is 2. The zero-order valence-corrected chi connectivity index (χ0v) is 12.1. The van der Waals surface area contributed by atoms with Gasteiger partial charge in [0.25, 0.3) is 11.4 Å². The van der Waals surface area contributed by atoms with Crippen molar-refractivity contribution < 1.29 is 23.0 Å². The molecule has 0 aliphatic rings. The van der Waals surface area contributed by atoms with Crippen LogP contribution in [-0.2, 0) is 6.18 Å². The van der Waals surface area contributed by atoms with Crippen LogP contribution in [0, 0.1) is 27.2 Å². The maximum absolute atomic E-state index is 13.2. The number of anilines is 2. The van der Waals surface area contributed by atoms with Gasteiger partial charge in [0.15, 0.2) is 0 Å². The van der Waals surface area contributed by atoms with Gasteiger partial charge in [-0.05, 0) is 19.1 Å². The predicted molar refractivity (Wildman–Crippen MR) is 79.2 cm³/mol. The van der Waals surface area contributed by atoms with Gasteiger partial charge in [-0.1, -0.05) is 17.7 Å². The maximum Gasteiger partial charge on any atom is 0.418 e. The molecular formula is C14H10F3N3O4. The van der Waals surface area contributed by atoms with Crippen LogP contribution in [-0.4, -0.2) is 9.85 Å². The number of hydrogen-bond donors (Lipinski definition) is 1. The highest BCUT2D eigenvalue weighted by Crippen LogP contribution is 2.43. The molecule has 126 valence electrons. The van der Waals surface area contributed by atoms with Crippen molar-refractivity contribution in [3.8, 4) is 0 Å². The van der Waals surface area contributed by atoms with Crippen LogP contribution >= 0.6 is 0 Å². The van der Waals surface area contributed by atoms with Crippen molar-refractivity contribution in [2.24, 2.45) is 0 Å². The molecular weight excluding hydrogens is 331 g/mol. The van der Waals surface area contributed by atoms with E-state index in [1.807, 2.05) is 0 Å². The largest absolute Gasteiger partial charge is 0.418 e. The fourth-order valence-electron chi connectivity index (χ4n) is 2.00. The fourth-order valence-corrected chi connectivity index (χ4v) is 2.00. The first-order valence-electron chi connectivity index (χ1n) is 6.47. The van der Waals surface area contributed by atoms with E-state index < -0.39 is 38.6 Å². The minimum Gasteiger partial charge on any atom is -0.349 e. The van der Waals surface area contributed by atoms with Crippen molar-refractivity contribution in [3.05, 3.63) is 67.8 Å². The van der Waals surface area contributed by atoms with E-state index in [0.29, 0.717) is 6.07 Å². The summed E-state index contributed by atoms with van der Waals surface area (Å²) in [5, 5.41) is 24.2. The molecule has 24 heavy (non-hydrogen) atoms. The lowest BCUT2D eigenvalue weighted by Gasteiger charge is -2.15. The van der Waals surface area contributed by atoms with Gasteiger partial charge in [-0.3, -0.25) is 20.2 Å². The highest BCUT2D eigenvalue weighted by Gasteiger charge is 2.39. The molecule has 0 aliphatic heterocycles. The second-order valence-corrected chi connectivity index (χ2v) is 4.89. The van der Waals surface area contributed by atoms with Gasteiger partial charge in [-0.15, -0.1) is 0 Å². The fraction of sp³-hybridized carbons (Fsp3) is 0.143. The number of hydrogen-bond acceptors (Lipinski definition) is 5. The minimum atomic E-state index is -5.01. The Hall–Kier alpha value is -3.17. The van der Waals surface area contributed by atoms with E-state index in [2.05, 4.69) is 5.32 Å². The van der Waals surface area contributed by atoms with Crippen LogP contribution in [0.5, 0.6) is 0 Å². The standard InChI is InChI=1S/C14H10F3N3O4/c1-8-2-4-9(5-3-8)18-13-11(14(15,16)17)6-10(19(21)22)7-12(13)20(23)24/h2-7,18H,1H3. The second kappa shape index (κ2) is 6.14. The Labute approximate surface area is 133 Å². The molecule has 0 aromatic heterocycles. The number of nitrogens with one attached hydrogen (secondary N) is 1. The summed E-state index contributed by atoms with van der Waals surface area (Å²) < 4.78 is 39.7. The molecule has 0 aliphatic carbocycles. The summed E-state index contributed by atoms with van der Waals surface area (Å²) in [7, 11) is 0. The van der Waals surface area contributed by atoms with Gasteiger partial charge in [-0.25, -0.2) is 0 Å². The van der Waals surface area contributed by atoms with Crippen LogP contribution in [0.2, 0.25) is 0 Å². The van der Waals surface area contributed by atoms with Crippen LogP contribution in [0.15, 0.2) is 36.4 Å². The normalized spacial score (nSPS) is 11.2. The van der Waals surface area contributed by atoms with E-state index in [-0.39, 0.29) is 11.8 Å². The Bertz CT molecular complexity index is 804. The Morgan fingerprint density at radius 1 is 1.00 bits per heavy atom. The quantitative estimate of drug-likeness (QED) is 0.648. The van der Waals surface area contributed by atoms with Crippen molar-refractivity contribution in [1.82, 2.24) is 0 Å². The molecule has 0 unspecified atom stereocenters. The molecule has 2 aromatic carbocycles. The Balaban J connectivity index is 2.68. The van der Waals surface area contributed by atoms with E-state index >= 15 is 0 Å². The molecule has 7 nitrogen and oxygen atoms in total. The van der Waals surface area contributed by atoms with Gasteiger partial charge in [0.05, 0.1) is 21.5 Å². The zero-order chi connectivity index (χ0) is 18.1. The molecule has 1 N–H and O–H groups in total. The minimum absolute atomic E-state index is 0.183. The maximum atomic E-state index is 13.2. The van der Waals surface area contributed by atoms with Crippen molar-refractivity contribution in [3.63, 3.8) is 0 Å². The van der Waals surface area contributed by atoms with Gasteiger partial charge >= 0.3 is 6.18 Å². The van der Waals surface area contributed by atoms with E-state index in [1.54, 1.807) is 19.1 Å². The number of alkyl halides is 3. The molecule has 0 heterocycles. The highest BCUT2D eigenvalue weighted by atomic mass is 19.4.